The standard InChI is InChI=1S/C9H15N3O/c1-9(5-6-3-2-4-6)7(10)11-8(13)12-9/h6H,2-5H2,1H3,(H3,10,11,12,13). The Balaban J connectivity index is 2.03. The fourth-order valence-corrected chi connectivity index (χ4v) is 1.99. The van der Waals surface area contributed by atoms with Crippen LogP contribution in [0.5, 0.6) is 0 Å². The van der Waals surface area contributed by atoms with Crippen LogP contribution in [-0.2, 0) is 0 Å². The highest BCUT2D eigenvalue weighted by Gasteiger charge is 2.39. The molecule has 0 aromatic carbocycles. The highest BCUT2D eigenvalue weighted by molar-refractivity contribution is 6.05. The first-order valence-corrected chi connectivity index (χ1v) is 4.77. The number of urea groups is 1. The molecule has 1 unspecified atom stereocenters. The number of nitrogens with two attached hydrogens (primary N) is 1. The summed E-state index contributed by atoms with van der Waals surface area (Å²) in [6.07, 6.45) is 4.78. The maximum atomic E-state index is 11.0. The Morgan fingerprint density at radius 2 is 2.38 bits per heavy atom. The second kappa shape index (κ2) is 2.72. The zero-order valence-corrected chi connectivity index (χ0v) is 7.84. The SMILES string of the molecule is CC1(CC2CCC2)NC(=O)N=C1N. The van der Waals surface area contributed by atoms with E-state index in [1.807, 2.05) is 6.92 Å². The number of amidine groups is 1. The first-order chi connectivity index (χ1) is 6.10. The molecule has 0 spiro atoms. The monoisotopic (exact) mass is 181 g/mol. The quantitative estimate of drug-likeness (QED) is 0.667. The van der Waals surface area contributed by atoms with E-state index in [4.69, 9.17) is 5.73 Å². The second-order valence-electron chi connectivity index (χ2n) is 4.26. The van der Waals surface area contributed by atoms with Gasteiger partial charge in [0.15, 0.2) is 0 Å². The average molecular weight is 181 g/mol. The molecule has 0 aromatic heterocycles. The number of rotatable bonds is 2. The average Bonchev–Trinajstić information content (AvgIpc) is 2.19. The predicted molar refractivity (Wildman–Crippen MR) is 50.5 cm³/mol. The van der Waals surface area contributed by atoms with Crippen molar-refractivity contribution in [1.29, 1.82) is 0 Å². The van der Waals surface area contributed by atoms with Gasteiger partial charge in [0.1, 0.15) is 5.84 Å². The van der Waals surface area contributed by atoms with Crippen molar-refractivity contribution in [1.82, 2.24) is 5.32 Å². The molecule has 3 N–H and O–H groups in total. The van der Waals surface area contributed by atoms with E-state index in [9.17, 15) is 4.79 Å². The molecule has 0 radical (unpaired) electrons. The van der Waals surface area contributed by atoms with E-state index in [1.54, 1.807) is 0 Å². The van der Waals surface area contributed by atoms with Gasteiger partial charge in [-0.15, -0.1) is 0 Å². The lowest BCUT2D eigenvalue weighted by Gasteiger charge is -2.33. The molecule has 4 nitrogen and oxygen atoms in total. The fraction of sp³-hybridized carbons (Fsp3) is 0.778. The Bertz CT molecular complexity index is 270. The van der Waals surface area contributed by atoms with E-state index in [0.717, 1.165) is 12.3 Å². The van der Waals surface area contributed by atoms with Crippen LogP contribution in [0.1, 0.15) is 32.6 Å². The summed E-state index contributed by atoms with van der Waals surface area (Å²) in [5, 5.41) is 2.81. The third-order valence-corrected chi connectivity index (χ3v) is 3.09. The second-order valence-corrected chi connectivity index (χ2v) is 4.26. The topological polar surface area (TPSA) is 67.5 Å². The molecule has 72 valence electrons. The Kier molecular flexibility index (Phi) is 1.78. The maximum Gasteiger partial charge on any atom is 0.343 e. The van der Waals surface area contributed by atoms with E-state index < -0.39 is 0 Å². The van der Waals surface area contributed by atoms with E-state index in [0.29, 0.717) is 5.84 Å². The summed E-state index contributed by atoms with van der Waals surface area (Å²) in [4.78, 5) is 14.7. The minimum Gasteiger partial charge on any atom is -0.385 e. The van der Waals surface area contributed by atoms with Crippen LogP contribution < -0.4 is 11.1 Å². The number of carbonyl (C=O) groups is 1. The summed E-state index contributed by atoms with van der Waals surface area (Å²) in [5.41, 5.74) is 5.32. The normalized spacial score (nSPS) is 33.9. The number of nitrogens with zero attached hydrogens (tertiary/aromatic N) is 1. The lowest BCUT2D eigenvalue weighted by Crippen LogP contribution is -2.50. The van der Waals surface area contributed by atoms with Crippen LogP contribution in [0.25, 0.3) is 0 Å². The lowest BCUT2D eigenvalue weighted by atomic mass is 9.76. The first kappa shape index (κ1) is 8.53. The molecule has 1 aliphatic carbocycles. The molecule has 2 aliphatic rings. The van der Waals surface area contributed by atoms with Crippen molar-refractivity contribution < 1.29 is 4.79 Å². The van der Waals surface area contributed by atoms with Crippen molar-refractivity contribution in [3.63, 3.8) is 0 Å². The summed E-state index contributed by atoms with van der Waals surface area (Å²) in [5.74, 6) is 1.17. The molecule has 0 bridgehead atoms. The Hall–Kier alpha value is -1.06. The molecule has 1 aliphatic heterocycles. The molecule has 0 aromatic rings. The number of nitrogens with one attached hydrogen (secondary N) is 1. The number of aliphatic imine (C=N–C) groups is 1. The van der Waals surface area contributed by atoms with Gasteiger partial charge in [-0.2, -0.15) is 4.99 Å². The molecule has 1 heterocycles. The van der Waals surface area contributed by atoms with Crippen molar-refractivity contribution in [3.8, 4) is 0 Å². The van der Waals surface area contributed by atoms with Crippen LogP contribution in [0.2, 0.25) is 0 Å². The Labute approximate surface area is 77.6 Å². The maximum absolute atomic E-state index is 11.0. The largest absolute Gasteiger partial charge is 0.385 e. The molecule has 1 saturated carbocycles. The molecule has 1 fully saturated rings. The molecule has 13 heavy (non-hydrogen) atoms. The zero-order valence-electron chi connectivity index (χ0n) is 7.84. The number of hydrogen-bond acceptors (Lipinski definition) is 2. The van der Waals surface area contributed by atoms with E-state index in [-0.39, 0.29) is 11.6 Å². The smallest absolute Gasteiger partial charge is 0.343 e. The minimum absolute atomic E-state index is 0.292. The van der Waals surface area contributed by atoms with Crippen molar-refractivity contribution in [2.24, 2.45) is 16.6 Å². The Morgan fingerprint density at radius 3 is 2.77 bits per heavy atom. The van der Waals surface area contributed by atoms with Crippen LogP contribution in [0.4, 0.5) is 4.79 Å². The first-order valence-electron chi connectivity index (χ1n) is 4.77. The third-order valence-electron chi connectivity index (χ3n) is 3.09. The van der Waals surface area contributed by atoms with E-state index >= 15 is 0 Å². The van der Waals surface area contributed by atoms with E-state index in [2.05, 4.69) is 10.3 Å². The molecule has 1 atom stereocenters. The van der Waals surface area contributed by atoms with Crippen molar-refractivity contribution in [3.05, 3.63) is 0 Å². The van der Waals surface area contributed by atoms with Crippen molar-refractivity contribution >= 4 is 11.9 Å². The third kappa shape index (κ3) is 1.41. The summed E-state index contributed by atoms with van der Waals surface area (Å²) in [6.45, 7) is 1.95. The van der Waals surface area contributed by atoms with Crippen LogP contribution >= 0.6 is 0 Å². The number of carbonyl (C=O) groups excluding carboxylic acids is 1. The summed E-state index contributed by atoms with van der Waals surface area (Å²) >= 11 is 0. The van der Waals surface area contributed by atoms with Crippen LogP contribution in [-0.4, -0.2) is 17.4 Å². The molecule has 2 rings (SSSR count). The van der Waals surface area contributed by atoms with Crippen molar-refractivity contribution in [2.45, 2.75) is 38.1 Å². The fourth-order valence-electron chi connectivity index (χ4n) is 1.99. The molecule has 4 heteroatoms. The van der Waals surface area contributed by atoms with Gasteiger partial charge >= 0.3 is 6.03 Å². The van der Waals surface area contributed by atoms with Gasteiger partial charge in [-0.1, -0.05) is 19.3 Å². The molecular weight excluding hydrogens is 166 g/mol. The zero-order chi connectivity index (χ0) is 9.47. The minimum atomic E-state index is -0.373. The van der Waals surface area contributed by atoms with Crippen LogP contribution in [0.3, 0.4) is 0 Å². The van der Waals surface area contributed by atoms with E-state index in [1.165, 1.54) is 19.3 Å². The summed E-state index contributed by atoms with van der Waals surface area (Å²) in [6, 6.07) is -0.292. The molecule has 0 saturated heterocycles. The Morgan fingerprint density at radius 1 is 1.69 bits per heavy atom. The van der Waals surface area contributed by atoms with Gasteiger partial charge in [0.05, 0.1) is 5.54 Å². The van der Waals surface area contributed by atoms with Crippen LogP contribution in [0.15, 0.2) is 4.99 Å². The van der Waals surface area contributed by atoms with Crippen LogP contribution in [0, 0.1) is 5.92 Å². The molecular formula is C9H15N3O. The summed E-state index contributed by atoms with van der Waals surface area (Å²) in [7, 11) is 0. The predicted octanol–water partition coefficient (Wildman–Crippen LogP) is 1.02. The van der Waals surface area contributed by atoms with Gasteiger partial charge in [-0.3, -0.25) is 0 Å². The number of amides is 2. The highest BCUT2D eigenvalue weighted by Crippen LogP contribution is 2.34. The van der Waals surface area contributed by atoms with Gasteiger partial charge in [0.2, 0.25) is 0 Å². The summed E-state index contributed by atoms with van der Waals surface area (Å²) < 4.78 is 0. The number of hydrogen-bond donors (Lipinski definition) is 2. The van der Waals surface area contributed by atoms with Gasteiger partial charge in [0.25, 0.3) is 0 Å². The molecule has 2 amide bonds. The highest BCUT2D eigenvalue weighted by atomic mass is 16.2. The van der Waals surface area contributed by atoms with Crippen molar-refractivity contribution in [2.75, 3.05) is 0 Å². The lowest BCUT2D eigenvalue weighted by molar-refractivity contribution is 0.229. The van der Waals surface area contributed by atoms with Gasteiger partial charge in [-0.25, -0.2) is 4.79 Å². The van der Waals surface area contributed by atoms with Gasteiger partial charge in [0, 0.05) is 0 Å². The van der Waals surface area contributed by atoms with Gasteiger partial charge < -0.3 is 11.1 Å². The van der Waals surface area contributed by atoms with Gasteiger partial charge in [-0.05, 0) is 19.3 Å².